The van der Waals surface area contributed by atoms with Gasteiger partial charge in [-0.05, 0) is 36.8 Å². The Hall–Kier alpha value is -1.86. The van der Waals surface area contributed by atoms with Crippen LogP contribution >= 0.6 is 46.6 Å². The van der Waals surface area contributed by atoms with Gasteiger partial charge in [0.1, 0.15) is 4.70 Å². The maximum absolute atomic E-state index is 2.43. The molecule has 2 aromatic carbocycles. The zero-order valence-corrected chi connectivity index (χ0v) is 22.3. The molecular weight excluding hydrogens is 481 g/mol. The quantitative estimate of drug-likeness (QED) is 0.206. The molecule has 1 aliphatic rings. The molecule has 0 amide bonds. The summed E-state index contributed by atoms with van der Waals surface area (Å²) in [5.41, 5.74) is 2.65. The molecule has 4 rings (SSSR count). The number of thioether (sulfide) groups is 3. The molecule has 33 heavy (non-hydrogen) atoms. The number of benzene rings is 2. The Morgan fingerprint density at radius 2 is 1.64 bits per heavy atom. The molecule has 1 aliphatic heterocycles. The number of hydrogen-bond donors (Lipinski definition) is 0. The van der Waals surface area contributed by atoms with Gasteiger partial charge >= 0.3 is 0 Å². The minimum atomic E-state index is 1.04. The highest BCUT2D eigenvalue weighted by Gasteiger charge is 2.23. The first-order valence-corrected chi connectivity index (χ1v) is 15.4. The van der Waals surface area contributed by atoms with E-state index in [4.69, 9.17) is 0 Å². The number of thiazole rings is 1. The molecule has 170 valence electrons. The third kappa shape index (κ3) is 6.18. The van der Waals surface area contributed by atoms with Gasteiger partial charge in [0.15, 0.2) is 6.54 Å². The van der Waals surface area contributed by atoms with E-state index in [-0.39, 0.29) is 0 Å². The smallest absolute Gasteiger partial charge is 0.262 e. The number of para-hydroxylation sites is 2. The lowest BCUT2D eigenvalue weighted by atomic mass is 10.3. The predicted molar refractivity (Wildman–Crippen MR) is 154 cm³/mol. The summed E-state index contributed by atoms with van der Waals surface area (Å²) in [6.07, 6.45) is 19.4. The molecule has 0 fully saturated rings. The second kappa shape index (κ2) is 12.6. The van der Waals surface area contributed by atoms with E-state index in [1.165, 1.54) is 30.8 Å². The molecule has 2 nitrogen and oxygen atoms in total. The van der Waals surface area contributed by atoms with Gasteiger partial charge in [-0.3, -0.25) is 0 Å². The first-order chi connectivity index (χ1) is 16.3. The fraction of sp³-hybridized carbons (Fsp3) is 0.222. The summed E-state index contributed by atoms with van der Waals surface area (Å²) in [5, 5.41) is 2.59. The van der Waals surface area contributed by atoms with E-state index in [9.17, 15) is 0 Å². The lowest BCUT2D eigenvalue weighted by Crippen LogP contribution is -2.36. The number of aryl methyl sites for hydroxylation is 1. The summed E-state index contributed by atoms with van der Waals surface area (Å²) in [5.74, 6) is 2.24. The van der Waals surface area contributed by atoms with Crippen molar-refractivity contribution in [1.82, 2.24) is 0 Å². The monoisotopic (exact) mass is 509 g/mol. The number of fused-ring (bicyclic) bond motifs is 2. The van der Waals surface area contributed by atoms with E-state index >= 15 is 0 Å². The SMILES string of the molecule is CSCCN1C(=CC=CC=CC=Cc2sc3ccccc3[n+]2CCSC)Sc2ccccc21. The summed E-state index contributed by atoms with van der Waals surface area (Å²) in [6, 6.07) is 17.3. The van der Waals surface area contributed by atoms with Crippen LogP contribution in [-0.4, -0.2) is 30.6 Å². The van der Waals surface area contributed by atoms with Crippen molar-refractivity contribution >= 4 is 68.6 Å². The number of hydrogen-bond acceptors (Lipinski definition) is 5. The van der Waals surface area contributed by atoms with Crippen molar-refractivity contribution in [3.63, 3.8) is 0 Å². The maximum atomic E-state index is 2.43. The molecule has 0 radical (unpaired) electrons. The minimum absolute atomic E-state index is 1.04. The van der Waals surface area contributed by atoms with Crippen LogP contribution in [0.25, 0.3) is 16.3 Å². The highest BCUT2D eigenvalue weighted by atomic mass is 32.2. The van der Waals surface area contributed by atoms with Crippen LogP contribution in [0.1, 0.15) is 5.01 Å². The summed E-state index contributed by atoms with van der Waals surface area (Å²) < 4.78 is 3.77. The summed E-state index contributed by atoms with van der Waals surface area (Å²) in [7, 11) is 0. The average Bonchev–Trinajstić information content (AvgIpc) is 3.38. The largest absolute Gasteiger partial charge is 0.334 e. The first-order valence-electron chi connectivity index (χ1n) is 11.0. The fourth-order valence-corrected chi connectivity index (χ4v) is 6.58. The van der Waals surface area contributed by atoms with Crippen LogP contribution in [0.15, 0.2) is 94.9 Å². The first kappa shape index (κ1) is 24.3. The molecule has 0 N–H and O–H groups in total. The molecule has 0 atom stereocenters. The molecule has 2 heterocycles. The van der Waals surface area contributed by atoms with Gasteiger partial charge in [0, 0.05) is 29.3 Å². The highest BCUT2D eigenvalue weighted by molar-refractivity contribution is 8.03. The Bertz CT molecular complexity index is 1190. The molecule has 3 aromatic rings. The second-order valence-corrected chi connectivity index (χ2v) is 11.5. The Kier molecular flexibility index (Phi) is 9.24. The minimum Gasteiger partial charge on any atom is -0.334 e. The van der Waals surface area contributed by atoms with Gasteiger partial charge in [-0.25, -0.2) is 0 Å². The van der Waals surface area contributed by atoms with E-state index in [1.807, 2.05) is 46.6 Å². The maximum Gasteiger partial charge on any atom is 0.262 e. The van der Waals surface area contributed by atoms with Crippen molar-refractivity contribution in [3.05, 3.63) is 95.0 Å². The van der Waals surface area contributed by atoms with Crippen molar-refractivity contribution in [2.75, 3.05) is 35.5 Å². The van der Waals surface area contributed by atoms with Gasteiger partial charge in [-0.1, -0.05) is 77.7 Å². The average molecular weight is 510 g/mol. The third-order valence-electron chi connectivity index (χ3n) is 5.23. The second-order valence-electron chi connectivity index (χ2n) is 7.40. The topological polar surface area (TPSA) is 7.12 Å². The highest BCUT2D eigenvalue weighted by Crippen LogP contribution is 2.45. The Labute approximate surface area is 214 Å². The van der Waals surface area contributed by atoms with Crippen molar-refractivity contribution in [2.24, 2.45) is 0 Å². The Balaban J connectivity index is 1.41. The predicted octanol–water partition coefficient (Wildman–Crippen LogP) is 7.49. The number of aromatic nitrogens is 1. The third-order valence-corrected chi connectivity index (χ3v) is 8.68. The molecule has 0 unspecified atom stereocenters. The molecule has 0 aliphatic carbocycles. The van der Waals surface area contributed by atoms with Crippen LogP contribution in [-0.2, 0) is 6.54 Å². The van der Waals surface area contributed by atoms with Crippen molar-refractivity contribution < 1.29 is 4.57 Å². The van der Waals surface area contributed by atoms with E-state index < -0.39 is 0 Å². The standard InChI is InChI=1S/C27H29N2S4/c1-30-20-18-28-22-12-8-10-14-24(22)32-26(28)16-6-4-3-5-7-17-27-29(19-21-31-2)23-13-9-11-15-25(23)33-27/h3-17H,18-21H2,1-2H3/q+1. The van der Waals surface area contributed by atoms with E-state index in [1.54, 1.807) is 0 Å². The van der Waals surface area contributed by atoms with Gasteiger partial charge in [-0.2, -0.15) is 28.1 Å². The summed E-state index contributed by atoms with van der Waals surface area (Å²) in [4.78, 5) is 3.77. The van der Waals surface area contributed by atoms with Gasteiger partial charge in [0.05, 0.1) is 16.5 Å². The van der Waals surface area contributed by atoms with Crippen LogP contribution in [0, 0.1) is 0 Å². The molecule has 0 bridgehead atoms. The van der Waals surface area contributed by atoms with Crippen LogP contribution in [0.4, 0.5) is 5.69 Å². The van der Waals surface area contributed by atoms with Crippen molar-refractivity contribution in [3.8, 4) is 0 Å². The molecule has 0 saturated carbocycles. The molecule has 1 aromatic heterocycles. The molecular formula is C27H29N2S4+. The number of allylic oxidation sites excluding steroid dienone is 6. The Morgan fingerprint density at radius 1 is 0.879 bits per heavy atom. The van der Waals surface area contributed by atoms with Crippen molar-refractivity contribution in [2.45, 2.75) is 11.4 Å². The Morgan fingerprint density at radius 3 is 2.52 bits per heavy atom. The zero-order valence-electron chi connectivity index (χ0n) is 19.0. The normalized spacial score (nSPS) is 15.2. The molecule has 6 heteroatoms. The van der Waals surface area contributed by atoms with E-state index in [0.29, 0.717) is 0 Å². The molecule has 0 spiro atoms. The van der Waals surface area contributed by atoms with Crippen LogP contribution in [0.2, 0.25) is 0 Å². The van der Waals surface area contributed by atoms with Gasteiger partial charge in [0.25, 0.3) is 5.01 Å². The van der Waals surface area contributed by atoms with Gasteiger partial charge in [0.2, 0.25) is 5.52 Å². The van der Waals surface area contributed by atoms with Crippen LogP contribution in [0.5, 0.6) is 0 Å². The van der Waals surface area contributed by atoms with E-state index in [2.05, 4.69) is 113 Å². The molecule has 0 saturated heterocycles. The van der Waals surface area contributed by atoms with Gasteiger partial charge < -0.3 is 4.90 Å². The number of nitrogens with zero attached hydrogens (tertiary/aromatic N) is 2. The lowest BCUT2D eigenvalue weighted by Gasteiger charge is -2.19. The van der Waals surface area contributed by atoms with E-state index in [0.717, 1.165) is 24.6 Å². The fourth-order valence-electron chi connectivity index (χ4n) is 3.65. The lowest BCUT2D eigenvalue weighted by molar-refractivity contribution is -0.664. The summed E-state index contributed by atoms with van der Waals surface area (Å²) >= 11 is 7.49. The number of anilines is 1. The zero-order chi connectivity index (χ0) is 22.9. The van der Waals surface area contributed by atoms with Crippen molar-refractivity contribution in [1.29, 1.82) is 0 Å². The van der Waals surface area contributed by atoms with Crippen LogP contribution < -0.4 is 9.47 Å². The van der Waals surface area contributed by atoms with Crippen LogP contribution in [0.3, 0.4) is 0 Å². The summed E-state index contributed by atoms with van der Waals surface area (Å²) in [6.45, 7) is 2.07. The van der Waals surface area contributed by atoms with Gasteiger partial charge in [-0.15, -0.1) is 0 Å². The number of rotatable bonds is 10.